The van der Waals surface area contributed by atoms with Crippen molar-refractivity contribution in [3.05, 3.63) is 84.9 Å². The molecule has 222 valence electrons. The number of amides is 3. The van der Waals surface area contributed by atoms with Gasteiger partial charge in [-0.05, 0) is 37.1 Å². The maximum Gasteiger partial charge on any atom is 0.251 e. The zero-order chi connectivity index (χ0) is 30.2. The molecule has 5 rings (SSSR count). The van der Waals surface area contributed by atoms with E-state index < -0.39 is 28.7 Å². The number of thioether (sulfide) groups is 1. The van der Waals surface area contributed by atoms with E-state index in [4.69, 9.17) is 11.6 Å². The first kappa shape index (κ1) is 30.9. The first-order valence-corrected chi connectivity index (χ1v) is 16.3. The Bertz CT molecular complexity index is 1370. The minimum atomic E-state index is -0.902. The second-order valence-corrected chi connectivity index (χ2v) is 14.0. The predicted octanol–water partition coefficient (Wildman–Crippen LogP) is 5.31. The Morgan fingerprint density at radius 2 is 1.76 bits per heavy atom. The molecule has 2 aromatic rings. The van der Waals surface area contributed by atoms with E-state index in [2.05, 4.69) is 29.1 Å². The van der Waals surface area contributed by atoms with E-state index in [0.29, 0.717) is 23.6 Å². The van der Waals surface area contributed by atoms with Crippen LogP contribution in [-0.2, 0) is 14.4 Å². The maximum atomic E-state index is 14.8. The number of alkyl halides is 1. The largest absolute Gasteiger partial charge is 0.394 e. The second-order valence-electron chi connectivity index (χ2n) is 10.9. The number of nitrogens with zero attached hydrogens (tertiary/aromatic N) is 3. The molecule has 0 aromatic heterocycles. The molecule has 3 amide bonds. The molecule has 1 spiro atoms. The lowest BCUT2D eigenvalue weighted by Crippen LogP contribution is -2.58. The lowest BCUT2D eigenvalue weighted by atomic mass is 9.70. The van der Waals surface area contributed by atoms with Crippen molar-refractivity contribution in [2.75, 3.05) is 29.5 Å². The van der Waals surface area contributed by atoms with Crippen LogP contribution in [0.15, 0.2) is 79.9 Å². The predicted molar refractivity (Wildman–Crippen MR) is 173 cm³/mol. The number of aliphatic hydroxyl groups is 1. The number of rotatable bonds is 11. The zero-order valence-electron chi connectivity index (χ0n) is 23.4. The van der Waals surface area contributed by atoms with Gasteiger partial charge in [-0.1, -0.05) is 76.9 Å². The van der Waals surface area contributed by atoms with Gasteiger partial charge in [0.2, 0.25) is 11.8 Å². The summed E-state index contributed by atoms with van der Waals surface area (Å²) in [7, 11) is 0. The van der Waals surface area contributed by atoms with E-state index in [1.165, 1.54) is 0 Å². The van der Waals surface area contributed by atoms with Crippen molar-refractivity contribution in [3.8, 4) is 0 Å². The molecule has 7 atom stereocenters. The van der Waals surface area contributed by atoms with Crippen molar-refractivity contribution >= 4 is 68.4 Å². The maximum absolute atomic E-state index is 14.8. The van der Waals surface area contributed by atoms with Crippen molar-refractivity contribution in [1.29, 1.82) is 0 Å². The minimum Gasteiger partial charge on any atom is -0.394 e. The first-order valence-electron chi connectivity index (χ1n) is 14.1. The molecule has 1 N–H and O–H groups in total. The number of halogens is 2. The number of hydrogen-bond donors (Lipinski definition) is 1. The number of carbonyl (C=O) groups excluding carboxylic acids is 3. The smallest absolute Gasteiger partial charge is 0.251 e. The fraction of sp³-hybridized carbons (Fsp3) is 0.406. The van der Waals surface area contributed by atoms with Gasteiger partial charge in [0.1, 0.15) is 6.04 Å². The molecule has 0 radical (unpaired) electrons. The lowest BCUT2D eigenvalue weighted by molar-refractivity contribution is -0.141. The van der Waals surface area contributed by atoms with Crippen LogP contribution in [0.2, 0.25) is 5.02 Å². The minimum absolute atomic E-state index is 0.0838. The summed E-state index contributed by atoms with van der Waals surface area (Å²) >= 11 is 12.0. The topological polar surface area (TPSA) is 81.2 Å². The van der Waals surface area contributed by atoms with Gasteiger partial charge < -0.3 is 19.8 Å². The highest BCUT2D eigenvalue weighted by atomic mass is 79.9. The highest BCUT2D eigenvalue weighted by molar-refractivity contribution is 9.09. The number of hydrogen-bond acceptors (Lipinski definition) is 5. The molecule has 42 heavy (non-hydrogen) atoms. The van der Waals surface area contributed by atoms with Crippen LogP contribution >= 0.6 is 39.3 Å². The Morgan fingerprint density at radius 1 is 1.12 bits per heavy atom. The summed E-state index contributed by atoms with van der Waals surface area (Å²) in [5, 5.41) is 10.6. The van der Waals surface area contributed by atoms with E-state index in [0.717, 1.165) is 5.69 Å². The average Bonchev–Trinajstić information content (AvgIpc) is 3.59. The monoisotopic (exact) mass is 671 g/mol. The Labute approximate surface area is 264 Å². The third kappa shape index (κ3) is 4.92. The molecule has 0 aliphatic carbocycles. The third-order valence-electron chi connectivity index (χ3n) is 8.69. The fourth-order valence-electron chi connectivity index (χ4n) is 6.93. The molecule has 3 aliphatic heterocycles. The van der Waals surface area contributed by atoms with Gasteiger partial charge in [0, 0.05) is 28.9 Å². The Kier molecular flexibility index (Phi) is 9.23. The van der Waals surface area contributed by atoms with Crippen LogP contribution in [-0.4, -0.2) is 74.3 Å². The molecule has 3 saturated heterocycles. The third-order valence-corrected chi connectivity index (χ3v) is 12.2. The van der Waals surface area contributed by atoms with Gasteiger partial charge in [-0.3, -0.25) is 14.4 Å². The van der Waals surface area contributed by atoms with Crippen molar-refractivity contribution in [1.82, 2.24) is 4.90 Å². The molecule has 2 aromatic carbocycles. The van der Waals surface area contributed by atoms with Gasteiger partial charge in [0.15, 0.2) is 0 Å². The lowest BCUT2D eigenvalue weighted by Gasteiger charge is -2.40. The van der Waals surface area contributed by atoms with Gasteiger partial charge in [-0.25, -0.2) is 0 Å². The molecule has 3 aliphatic rings. The van der Waals surface area contributed by atoms with Gasteiger partial charge in [-0.2, -0.15) is 0 Å². The van der Waals surface area contributed by atoms with Crippen molar-refractivity contribution in [3.63, 3.8) is 0 Å². The zero-order valence-corrected chi connectivity index (χ0v) is 26.6. The molecule has 10 heteroatoms. The highest BCUT2D eigenvalue weighted by Gasteiger charge is 2.76. The first-order chi connectivity index (χ1) is 20.2. The van der Waals surface area contributed by atoms with E-state index >= 15 is 0 Å². The molecule has 3 heterocycles. The molecule has 3 fully saturated rings. The molecule has 2 bridgehead atoms. The van der Waals surface area contributed by atoms with Crippen LogP contribution in [0.4, 0.5) is 11.4 Å². The Hall–Kier alpha value is -2.59. The number of carbonyl (C=O) groups is 3. The fourth-order valence-corrected chi connectivity index (χ4v) is 10.8. The summed E-state index contributed by atoms with van der Waals surface area (Å²) in [6.45, 7) is 9.80. The van der Waals surface area contributed by atoms with Crippen molar-refractivity contribution in [2.24, 2.45) is 11.8 Å². The highest BCUT2D eigenvalue weighted by Crippen LogP contribution is 2.68. The molecule has 0 saturated carbocycles. The van der Waals surface area contributed by atoms with Gasteiger partial charge in [-0.15, -0.1) is 24.9 Å². The number of aliphatic hydroxyl groups excluding tert-OH is 1. The molecule has 3 unspecified atom stereocenters. The van der Waals surface area contributed by atoms with E-state index in [9.17, 15) is 19.5 Å². The number of para-hydroxylation sites is 2. The summed E-state index contributed by atoms with van der Waals surface area (Å²) in [4.78, 5) is 48.5. The van der Waals surface area contributed by atoms with E-state index in [1.807, 2.05) is 43.3 Å². The van der Waals surface area contributed by atoms with Crippen molar-refractivity contribution in [2.45, 2.75) is 46.7 Å². The van der Waals surface area contributed by atoms with Crippen LogP contribution in [0.5, 0.6) is 0 Å². The number of likely N-dealkylation sites (tertiary alicyclic amines) is 1. The van der Waals surface area contributed by atoms with Crippen LogP contribution in [0.1, 0.15) is 19.8 Å². The average molecular weight is 673 g/mol. The molecule has 7 nitrogen and oxygen atoms in total. The Morgan fingerprint density at radius 3 is 2.38 bits per heavy atom. The molecular formula is C32H35BrClN3O4S. The van der Waals surface area contributed by atoms with Crippen LogP contribution in [0, 0.1) is 11.8 Å². The summed E-state index contributed by atoms with van der Waals surface area (Å²) in [6, 6.07) is 15.0. The van der Waals surface area contributed by atoms with Gasteiger partial charge in [0.05, 0.1) is 39.9 Å². The molecular weight excluding hydrogens is 638 g/mol. The van der Waals surface area contributed by atoms with Crippen LogP contribution < -0.4 is 9.80 Å². The summed E-state index contributed by atoms with van der Waals surface area (Å²) in [5.74, 6) is -2.10. The summed E-state index contributed by atoms with van der Waals surface area (Å²) < 4.78 is -0.868. The van der Waals surface area contributed by atoms with E-state index in [1.54, 1.807) is 56.8 Å². The summed E-state index contributed by atoms with van der Waals surface area (Å²) in [5.41, 5.74) is 1.25. The van der Waals surface area contributed by atoms with Gasteiger partial charge >= 0.3 is 0 Å². The quantitative estimate of drug-likeness (QED) is 0.259. The Balaban J connectivity index is 1.63. The number of anilines is 2. The van der Waals surface area contributed by atoms with Crippen LogP contribution in [0.3, 0.4) is 0 Å². The standard InChI is InChI=1S/C32H35BrClN3O4S/c1-4-16-35(21-12-8-7-9-13-21)29(39)25-26-30(40)37(20(6-3)19-38)28(32(26)18-22(33)27(25)42-32)31(41)36(17-5-2)24-15-11-10-14-23(24)34/h4-5,7-15,20,22,25-28,38H,1-2,6,16-19H2,3H3/t20-,22?,25+,26-,27+,28?,32?/m0/s1. The number of fused-ring (bicyclic) bond motifs is 1. The van der Waals surface area contributed by atoms with Crippen molar-refractivity contribution < 1.29 is 19.5 Å². The van der Waals surface area contributed by atoms with E-state index in [-0.39, 0.29) is 47.5 Å². The van der Waals surface area contributed by atoms with Crippen LogP contribution in [0.25, 0.3) is 0 Å². The summed E-state index contributed by atoms with van der Waals surface area (Å²) in [6.07, 6.45) is 4.30. The van der Waals surface area contributed by atoms with Gasteiger partial charge in [0.25, 0.3) is 5.91 Å². The normalized spacial score (nSPS) is 28.3. The second kappa shape index (κ2) is 12.6. The number of benzene rings is 2. The SMILES string of the molecule is C=CCN(C(=O)[C@H]1[C@@H]2SC3(CC2Br)C(C(=O)N(CC=C)c2ccccc2Cl)N([C@@H](CC)CO)C(=O)[C@H]13)c1ccccc1.